The van der Waals surface area contributed by atoms with Crippen LogP contribution in [0, 0.1) is 18.7 Å². The van der Waals surface area contributed by atoms with Gasteiger partial charge < -0.3 is 19.7 Å². The molecule has 4 aromatic rings. The molecule has 5 rings (SSSR count). The van der Waals surface area contributed by atoms with Crippen LogP contribution < -0.4 is 5.32 Å². The van der Waals surface area contributed by atoms with Crippen LogP contribution in [0.15, 0.2) is 59.1 Å². The van der Waals surface area contributed by atoms with Gasteiger partial charge in [-0.25, -0.2) is 4.39 Å². The third-order valence-electron chi connectivity index (χ3n) is 6.63. The molecule has 2 aromatic carbocycles. The summed E-state index contributed by atoms with van der Waals surface area (Å²) in [6.45, 7) is 2.87. The molecule has 0 atom stereocenters. The summed E-state index contributed by atoms with van der Waals surface area (Å²) in [5.41, 5.74) is 3.85. The summed E-state index contributed by atoms with van der Waals surface area (Å²) in [5, 5.41) is 7.66. The zero-order valence-corrected chi connectivity index (χ0v) is 19.5. The number of hydrogen-bond donors (Lipinski definition) is 2. The van der Waals surface area contributed by atoms with E-state index in [1.165, 1.54) is 12.1 Å². The fourth-order valence-corrected chi connectivity index (χ4v) is 4.76. The number of carbonyl (C=O) groups excluding carboxylic acids is 2. The lowest BCUT2D eigenvalue weighted by Crippen LogP contribution is -2.41. The predicted octanol–water partition coefficient (Wildman–Crippen LogP) is 5.08. The molecule has 1 aliphatic heterocycles. The molecular formula is C27H27FN4O3. The monoisotopic (exact) mass is 474 g/mol. The molecule has 1 fully saturated rings. The molecular weight excluding hydrogens is 447 g/mol. The molecule has 0 unspecified atom stereocenters. The maximum Gasteiger partial charge on any atom is 0.228 e. The van der Waals surface area contributed by atoms with Crippen molar-refractivity contribution in [2.45, 2.75) is 32.6 Å². The van der Waals surface area contributed by atoms with Crippen LogP contribution in [0.4, 0.5) is 10.2 Å². The van der Waals surface area contributed by atoms with Crippen LogP contribution >= 0.6 is 0 Å². The Kier molecular flexibility index (Phi) is 6.35. The van der Waals surface area contributed by atoms with Crippen molar-refractivity contribution in [3.63, 3.8) is 0 Å². The molecule has 7 nitrogen and oxygen atoms in total. The Balaban J connectivity index is 1.22. The first-order valence-electron chi connectivity index (χ1n) is 11.9. The molecule has 0 aliphatic carbocycles. The quantitative estimate of drug-likeness (QED) is 0.408. The summed E-state index contributed by atoms with van der Waals surface area (Å²) in [6, 6.07) is 16.1. The van der Waals surface area contributed by atoms with Crippen LogP contribution in [0.5, 0.6) is 0 Å². The van der Waals surface area contributed by atoms with E-state index in [0.29, 0.717) is 50.4 Å². The van der Waals surface area contributed by atoms with E-state index in [4.69, 9.17) is 4.52 Å². The SMILES string of the molecule is Cc1cc(NC(=O)C2CCN(C(=O)CCc3c(-c4ccc(F)cc4)[nH]c4ccccc34)CC2)no1. The van der Waals surface area contributed by atoms with Crippen molar-refractivity contribution >= 4 is 28.5 Å². The molecule has 3 heterocycles. The normalized spacial score (nSPS) is 14.4. The second-order valence-corrected chi connectivity index (χ2v) is 9.00. The Bertz CT molecular complexity index is 1350. The van der Waals surface area contributed by atoms with Gasteiger partial charge in [0.2, 0.25) is 11.8 Å². The predicted molar refractivity (Wildman–Crippen MR) is 131 cm³/mol. The highest BCUT2D eigenvalue weighted by Crippen LogP contribution is 2.32. The van der Waals surface area contributed by atoms with Crippen molar-refractivity contribution in [3.8, 4) is 11.3 Å². The number of likely N-dealkylation sites (tertiary alicyclic amines) is 1. The average molecular weight is 475 g/mol. The number of para-hydroxylation sites is 1. The fraction of sp³-hybridized carbons (Fsp3) is 0.296. The van der Waals surface area contributed by atoms with Gasteiger partial charge in [0.15, 0.2) is 5.82 Å². The second-order valence-electron chi connectivity index (χ2n) is 9.00. The Morgan fingerprint density at radius 1 is 1.14 bits per heavy atom. The molecule has 35 heavy (non-hydrogen) atoms. The number of anilines is 1. The third-order valence-corrected chi connectivity index (χ3v) is 6.63. The first-order valence-corrected chi connectivity index (χ1v) is 11.9. The molecule has 0 bridgehead atoms. The molecule has 1 saturated heterocycles. The van der Waals surface area contributed by atoms with Gasteiger partial charge in [0.1, 0.15) is 11.6 Å². The number of piperidine rings is 1. The van der Waals surface area contributed by atoms with Crippen molar-refractivity contribution in [2.24, 2.45) is 5.92 Å². The largest absolute Gasteiger partial charge is 0.360 e. The maximum absolute atomic E-state index is 13.5. The highest BCUT2D eigenvalue weighted by atomic mass is 19.1. The zero-order valence-electron chi connectivity index (χ0n) is 19.5. The molecule has 0 radical (unpaired) electrons. The lowest BCUT2D eigenvalue weighted by atomic mass is 9.95. The van der Waals surface area contributed by atoms with Crippen LogP contribution in [0.25, 0.3) is 22.2 Å². The lowest BCUT2D eigenvalue weighted by molar-refractivity contribution is -0.134. The van der Waals surface area contributed by atoms with Gasteiger partial charge in [-0.1, -0.05) is 23.4 Å². The van der Waals surface area contributed by atoms with E-state index in [1.807, 2.05) is 29.2 Å². The maximum atomic E-state index is 13.5. The number of hydrogen-bond acceptors (Lipinski definition) is 4. The third kappa shape index (κ3) is 4.96. The average Bonchev–Trinajstić information content (AvgIpc) is 3.46. The standard InChI is InChI=1S/C27H27FN4O3/c1-17-16-24(31-35-17)30-27(34)19-12-14-32(15-13-19)25(33)11-10-22-21-4-2-3-5-23(21)29-26(22)18-6-8-20(28)9-7-18/h2-9,16,19,29H,10-15H2,1H3,(H,30,31,34). The van der Waals surface area contributed by atoms with Gasteiger partial charge in [0.05, 0.1) is 0 Å². The Labute approximate surface area is 202 Å². The molecule has 2 amide bonds. The lowest BCUT2D eigenvalue weighted by Gasteiger charge is -2.31. The van der Waals surface area contributed by atoms with Crippen LogP contribution in [-0.2, 0) is 16.0 Å². The van der Waals surface area contributed by atoms with E-state index in [2.05, 4.69) is 15.5 Å². The number of nitrogens with one attached hydrogen (secondary N) is 2. The number of H-pyrrole nitrogens is 1. The van der Waals surface area contributed by atoms with Crippen LogP contribution in [0.2, 0.25) is 0 Å². The van der Waals surface area contributed by atoms with Crippen LogP contribution in [-0.4, -0.2) is 39.9 Å². The molecule has 0 spiro atoms. The van der Waals surface area contributed by atoms with Gasteiger partial charge in [0, 0.05) is 48.1 Å². The fourth-order valence-electron chi connectivity index (χ4n) is 4.76. The number of amides is 2. The molecule has 2 aromatic heterocycles. The van der Waals surface area contributed by atoms with Crippen molar-refractivity contribution in [1.29, 1.82) is 0 Å². The number of rotatable bonds is 6. The number of carbonyl (C=O) groups is 2. The number of aryl methyl sites for hydroxylation is 2. The minimum absolute atomic E-state index is 0.0753. The minimum Gasteiger partial charge on any atom is -0.360 e. The molecule has 0 saturated carbocycles. The number of halogens is 1. The summed E-state index contributed by atoms with van der Waals surface area (Å²) in [7, 11) is 0. The van der Waals surface area contributed by atoms with Crippen LogP contribution in [0.3, 0.4) is 0 Å². The Hall–Kier alpha value is -3.94. The zero-order chi connectivity index (χ0) is 24.4. The number of nitrogens with zero attached hydrogens (tertiary/aromatic N) is 2. The van der Waals surface area contributed by atoms with Gasteiger partial charge in [0.25, 0.3) is 0 Å². The number of fused-ring (bicyclic) bond motifs is 1. The minimum atomic E-state index is -0.283. The van der Waals surface area contributed by atoms with Gasteiger partial charge in [-0.3, -0.25) is 9.59 Å². The smallest absolute Gasteiger partial charge is 0.228 e. The van der Waals surface area contributed by atoms with Crippen molar-refractivity contribution in [2.75, 3.05) is 18.4 Å². The summed E-state index contributed by atoms with van der Waals surface area (Å²) < 4.78 is 18.5. The highest BCUT2D eigenvalue weighted by molar-refractivity contribution is 5.92. The number of aromatic nitrogens is 2. The van der Waals surface area contributed by atoms with Crippen LogP contribution in [0.1, 0.15) is 30.6 Å². The van der Waals surface area contributed by atoms with E-state index in [9.17, 15) is 14.0 Å². The molecule has 2 N–H and O–H groups in total. The van der Waals surface area contributed by atoms with E-state index in [-0.39, 0.29) is 23.5 Å². The van der Waals surface area contributed by atoms with E-state index < -0.39 is 0 Å². The van der Waals surface area contributed by atoms with Crippen molar-refractivity contribution in [3.05, 3.63) is 71.7 Å². The topological polar surface area (TPSA) is 91.2 Å². The summed E-state index contributed by atoms with van der Waals surface area (Å²) in [5.74, 6) is 0.601. The number of aromatic amines is 1. The molecule has 1 aliphatic rings. The van der Waals surface area contributed by atoms with Gasteiger partial charge in [-0.2, -0.15) is 0 Å². The first-order chi connectivity index (χ1) is 17.0. The molecule has 8 heteroatoms. The van der Waals surface area contributed by atoms with E-state index in [1.54, 1.807) is 25.1 Å². The Morgan fingerprint density at radius 3 is 2.60 bits per heavy atom. The van der Waals surface area contributed by atoms with E-state index in [0.717, 1.165) is 27.7 Å². The van der Waals surface area contributed by atoms with Crippen molar-refractivity contribution in [1.82, 2.24) is 15.0 Å². The number of benzene rings is 2. The van der Waals surface area contributed by atoms with Gasteiger partial charge >= 0.3 is 0 Å². The van der Waals surface area contributed by atoms with E-state index >= 15 is 0 Å². The van der Waals surface area contributed by atoms with Crippen molar-refractivity contribution < 1.29 is 18.5 Å². The highest BCUT2D eigenvalue weighted by Gasteiger charge is 2.28. The van der Waals surface area contributed by atoms with Gasteiger partial charge in [-0.15, -0.1) is 0 Å². The Morgan fingerprint density at radius 2 is 1.89 bits per heavy atom. The summed E-state index contributed by atoms with van der Waals surface area (Å²) in [4.78, 5) is 30.8. The molecule has 180 valence electrons. The summed E-state index contributed by atoms with van der Waals surface area (Å²) in [6.07, 6.45) is 2.16. The second kappa shape index (κ2) is 9.74. The van der Waals surface area contributed by atoms with Gasteiger partial charge in [-0.05, 0) is 67.6 Å². The summed E-state index contributed by atoms with van der Waals surface area (Å²) >= 11 is 0. The first kappa shape index (κ1) is 22.8.